The molecular formula is C24H35N3O4. The summed E-state index contributed by atoms with van der Waals surface area (Å²) in [6, 6.07) is 7.38. The Labute approximate surface area is 184 Å². The van der Waals surface area contributed by atoms with Gasteiger partial charge in [0.25, 0.3) is 5.91 Å². The van der Waals surface area contributed by atoms with E-state index >= 15 is 0 Å². The number of hydrogen-bond acceptors (Lipinski definition) is 4. The third kappa shape index (κ3) is 5.03. The first kappa shape index (κ1) is 23.1. The maximum atomic E-state index is 13.5. The summed E-state index contributed by atoms with van der Waals surface area (Å²) >= 11 is 0. The van der Waals surface area contributed by atoms with Crippen molar-refractivity contribution >= 4 is 11.8 Å². The lowest BCUT2D eigenvalue weighted by atomic mass is 9.94. The van der Waals surface area contributed by atoms with Gasteiger partial charge in [-0.3, -0.25) is 9.59 Å². The fraction of sp³-hybridized carbons (Fsp3) is 0.583. The van der Waals surface area contributed by atoms with Crippen LogP contribution in [-0.4, -0.2) is 52.6 Å². The maximum Gasteiger partial charge on any atom is 0.271 e. The van der Waals surface area contributed by atoms with Crippen LogP contribution in [0.1, 0.15) is 57.9 Å². The molecule has 1 N–H and O–H groups in total. The van der Waals surface area contributed by atoms with Crippen LogP contribution in [0.4, 0.5) is 0 Å². The summed E-state index contributed by atoms with van der Waals surface area (Å²) in [5.74, 6) is 0.901. The van der Waals surface area contributed by atoms with Gasteiger partial charge in [-0.1, -0.05) is 13.8 Å². The first-order valence-electron chi connectivity index (χ1n) is 11.2. The monoisotopic (exact) mass is 429 g/mol. The Bertz CT molecular complexity index is 885. The highest BCUT2D eigenvalue weighted by Crippen LogP contribution is 2.33. The highest BCUT2D eigenvalue weighted by molar-refractivity contribution is 6.00. The minimum absolute atomic E-state index is 0.129. The molecule has 0 aliphatic carbocycles. The minimum Gasteiger partial charge on any atom is -0.463 e. The minimum atomic E-state index is -1.00. The standard InChI is InChI=1S/C24H35N3O4/c1-17(2)11-12-25-23(29)24(5)16-26-19(21-8-6-14-31-21)9-10-20(26)22(28)27(24)13-7-15-30-18(3)4/h6,8-10,14,17-18H,7,11-13,15-16H2,1-5H3,(H,25,29). The molecule has 1 unspecified atom stereocenters. The molecule has 0 saturated heterocycles. The molecular weight excluding hydrogens is 394 g/mol. The number of rotatable bonds is 10. The molecule has 3 heterocycles. The van der Waals surface area contributed by atoms with Crippen LogP contribution >= 0.6 is 0 Å². The molecule has 2 aromatic rings. The van der Waals surface area contributed by atoms with Crippen LogP contribution < -0.4 is 5.32 Å². The maximum absolute atomic E-state index is 13.5. The zero-order valence-corrected chi connectivity index (χ0v) is 19.3. The Balaban J connectivity index is 1.88. The normalized spacial score (nSPS) is 18.7. The van der Waals surface area contributed by atoms with E-state index in [0.717, 1.165) is 12.1 Å². The first-order valence-corrected chi connectivity index (χ1v) is 11.2. The van der Waals surface area contributed by atoms with Gasteiger partial charge in [0.05, 0.1) is 24.6 Å². The SMILES string of the molecule is CC(C)CCNC(=O)C1(C)Cn2c(ccc2-c2ccco2)C(=O)N1CCCOC(C)C. The van der Waals surface area contributed by atoms with Crippen molar-refractivity contribution in [1.29, 1.82) is 0 Å². The molecule has 0 aromatic carbocycles. The number of ether oxygens (including phenoxy) is 1. The second-order valence-electron chi connectivity index (χ2n) is 9.11. The van der Waals surface area contributed by atoms with E-state index in [1.807, 2.05) is 49.6 Å². The van der Waals surface area contributed by atoms with Gasteiger partial charge in [-0.2, -0.15) is 0 Å². The molecule has 7 heteroatoms. The molecule has 3 rings (SSSR count). The predicted molar refractivity (Wildman–Crippen MR) is 120 cm³/mol. The van der Waals surface area contributed by atoms with E-state index in [1.165, 1.54) is 0 Å². The van der Waals surface area contributed by atoms with Crippen LogP contribution in [0.3, 0.4) is 0 Å². The van der Waals surface area contributed by atoms with Gasteiger partial charge in [-0.15, -0.1) is 0 Å². The van der Waals surface area contributed by atoms with Crippen LogP contribution in [0.15, 0.2) is 34.9 Å². The van der Waals surface area contributed by atoms with Crippen LogP contribution in [0.5, 0.6) is 0 Å². The molecule has 1 aliphatic rings. The van der Waals surface area contributed by atoms with E-state index in [1.54, 1.807) is 11.2 Å². The van der Waals surface area contributed by atoms with E-state index in [-0.39, 0.29) is 17.9 Å². The lowest BCUT2D eigenvalue weighted by Gasteiger charge is -2.44. The molecule has 1 aliphatic heterocycles. The highest BCUT2D eigenvalue weighted by atomic mass is 16.5. The fourth-order valence-corrected chi connectivity index (χ4v) is 3.97. The Kier molecular flexibility index (Phi) is 7.26. The van der Waals surface area contributed by atoms with Gasteiger partial charge in [0.1, 0.15) is 17.0 Å². The second kappa shape index (κ2) is 9.73. The van der Waals surface area contributed by atoms with Crippen molar-refractivity contribution in [2.24, 2.45) is 5.92 Å². The summed E-state index contributed by atoms with van der Waals surface area (Å²) < 4.78 is 13.1. The van der Waals surface area contributed by atoms with Crippen molar-refractivity contribution < 1.29 is 18.7 Å². The molecule has 0 bridgehead atoms. The van der Waals surface area contributed by atoms with Crippen LogP contribution in [0.25, 0.3) is 11.5 Å². The first-order chi connectivity index (χ1) is 14.7. The summed E-state index contributed by atoms with van der Waals surface area (Å²) in [7, 11) is 0. The van der Waals surface area contributed by atoms with Crippen molar-refractivity contribution in [2.45, 2.75) is 65.6 Å². The van der Waals surface area contributed by atoms with Gasteiger partial charge < -0.3 is 23.9 Å². The average Bonchev–Trinajstić information content (AvgIpc) is 3.36. The number of furan rings is 1. The van der Waals surface area contributed by atoms with E-state index in [9.17, 15) is 9.59 Å². The molecule has 31 heavy (non-hydrogen) atoms. The average molecular weight is 430 g/mol. The molecule has 1 atom stereocenters. The van der Waals surface area contributed by atoms with Crippen LogP contribution in [-0.2, 0) is 16.1 Å². The van der Waals surface area contributed by atoms with Gasteiger partial charge >= 0.3 is 0 Å². The topological polar surface area (TPSA) is 76.7 Å². The molecule has 2 amide bonds. The number of carbonyl (C=O) groups excluding carboxylic acids is 2. The summed E-state index contributed by atoms with van der Waals surface area (Å²) in [5.41, 5.74) is 0.375. The molecule has 2 aromatic heterocycles. The smallest absolute Gasteiger partial charge is 0.271 e. The van der Waals surface area contributed by atoms with Gasteiger partial charge in [-0.05, 0) is 63.8 Å². The number of hydrogen-bond donors (Lipinski definition) is 1. The van der Waals surface area contributed by atoms with Gasteiger partial charge in [-0.25, -0.2) is 0 Å². The molecule has 170 valence electrons. The summed E-state index contributed by atoms with van der Waals surface area (Å²) in [6.45, 7) is 12.0. The van der Waals surface area contributed by atoms with Gasteiger partial charge in [0.2, 0.25) is 5.91 Å². The highest BCUT2D eigenvalue weighted by Gasteiger charge is 2.47. The number of amides is 2. The Morgan fingerprint density at radius 2 is 1.97 bits per heavy atom. The van der Waals surface area contributed by atoms with Crippen molar-refractivity contribution in [3.8, 4) is 11.5 Å². The summed E-state index contributed by atoms with van der Waals surface area (Å²) in [4.78, 5) is 28.5. The van der Waals surface area contributed by atoms with Crippen molar-refractivity contribution in [1.82, 2.24) is 14.8 Å². The summed E-state index contributed by atoms with van der Waals surface area (Å²) in [6.07, 6.45) is 3.31. The van der Waals surface area contributed by atoms with Crippen molar-refractivity contribution in [3.05, 3.63) is 36.2 Å². The Morgan fingerprint density at radius 1 is 1.23 bits per heavy atom. The number of nitrogens with one attached hydrogen (secondary N) is 1. The lowest BCUT2D eigenvalue weighted by Crippen LogP contribution is -2.64. The van der Waals surface area contributed by atoms with E-state index in [2.05, 4.69) is 19.2 Å². The van der Waals surface area contributed by atoms with Crippen molar-refractivity contribution in [2.75, 3.05) is 19.7 Å². The quantitative estimate of drug-likeness (QED) is 0.581. The number of nitrogens with zero attached hydrogens (tertiary/aromatic N) is 2. The summed E-state index contributed by atoms with van der Waals surface area (Å²) in [5, 5.41) is 3.06. The number of aromatic nitrogens is 1. The van der Waals surface area contributed by atoms with E-state index in [4.69, 9.17) is 9.15 Å². The molecule has 7 nitrogen and oxygen atoms in total. The number of carbonyl (C=O) groups is 2. The zero-order chi connectivity index (χ0) is 22.6. The number of fused-ring (bicyclic) bond motifs is 1. The van der Waals surface area contributed by atoms with Crippen LogP contribution in [0, 0.1) is 5.92 Å². The molecule has 0 radical (unpaired) electrons. The lowest BCUT2D eigenvalue weighted by molar-refractivity contribution is -0.133. The zero-order valence-electron chi connectivity index (χ0n) is 19.3. The largest absolute Gasteiger partial charge is 0.463 e. The van der Waals surface area contributed by atoms with Crippen molar-refractivity contribution in [3.63, 3.8) is 0 Å². The van der Waals surface area contributed by atoms with Gasteiger partial charge in [0.15, 0.2) is 0 Å². The second-order valence-corrected chi connectivity index (χ2v) is 9.11. The third-order valence-electron chi connectivity index (χ3n) is 5.75. The van der Waals surface area contributed by atoms with Crippen LogP contribution in [0.2, 0.25) is 0 Å². The predicted octanol–water partition coefficient (Wildman–Crippen LogP) is 3.94. The third-order valence-corrected chi connectivity index (χ3v) is 5.75. The molecule has 0 saturated carbocycles. The van der Waals surface area contributed by atoms with E-state index < -0.39 is 5.54 Å². The molecule has 0 spiro atoms. The van der Waals surface area contributed by atoms with E-state index in [0.29, 0.717) is 50.0 Å². The Hall–Kier alpha value is -2.54. The van der Waals surface area contributed by atoms with Gasteiger partial charge in [0, 0.05) is 19.7 Å². The fourth-order valence-electron chi connectivity index (χ4n) is 3.97. The molecule has 0 fully saturated rings. The Morgan fingerprint density at radius 3 is 2.61 bits per heavy atom.